The molecule has 5 aromatic rings. The number of rotatable bonds is 9. The van der Waals surface area contributed by atoms with E-state index in [9.17, 15) is 4.79 Å². The number of para-hydroxylation sites is 1. The Kier molecular flexibility index (Phi) is 7.52. The molecule has 38 heavy (non-hydrogen) atoms. The standard InChI is InChI=1S/C32H33N5O/c1-22-9-6-10-23(2)29(22)36-31-28(17-16-24-11-4-3-5-12-24)35-30-27(15-8-18-37(30)31)32(38)34-21-26-14-7-13-25(19-26)20-33/h3-15,18-19,36H,16-17,20-21,33H2,1-2H3,(H,34,38). The Morgan fingerprint density at radius 3 is 2.32 bits per heavy atom. The number of anilines is 2. The third-order valence-corrected chi connectivity index (χ3v) is 6.86. The second-order valence-corrected chi connectivity index (χ2v) is 9.61. The Labute approximate surface area is 223 Å². The third-order valence-electron chi connectivity index (χ3n) is 6.86. The number of carbonyl (C=O) groups excluding carboxylic acids is 1. The first-order chi connectivity index (χ1) is 18.5. The van der Waals surface area contributed by atoms with Gasteiger partial charge in [-0.15, -0.1) is 0 Å². The van der Waals surface area contributed by atoms with Crippen LogP contribution >= 0.6 is 0 Å². The molecule has 0 saturated heterocycles. The van der Waals surface area contributed by atoms with Crippen molar-refractivity contribution in [1.82, 2.24) is 14.7 Å². The summed E-state index contributed by atoms with van der Waals surface area (Å²) < 4.78 is 2.00. The third kappa shape index (κ3) is 5.45. The molecular formula is C32H33N5O. The van der Waals surface area contributed by atoms with Crippen LogP contribution in [0, 0.1) is 13.8 Å². The maximum absolute atomic E-state index is 13.3. The zero-order valence-electron chi connectivity index (χ0n) is 21.9. The van der Waals surface area contributed by atoms with E-state index in [1.54, 1.807) is 0 Å². The zero-order chi connectivity index (χ0) is 26.5. The van der Waals surface area contributed by atoms with Gasteiger partial charge >= 0.3 is 0 Å². The fourth-order valence-electron chi connectivity index (χ4n) is 4.78. The second-order valence-electron chi connectivity index (χ2n) is 9.61. The first kappa shape index (κ1) is 25.2. The number of hydrogen-bond donors (Lipinski definition) is 3. The Morgan fingerprint density at radius 2 is 1.55 bits per heavy atom. The summed E-state index contributed by atoms with van der Waals surface area (Å²) >= 11 is 0. The molecule has 0 bridgehead atoms. The summed E-state index contributed by atoms with van der Waals surface area (Å²) in [5.41, 5.74) is 14.5. The molecule has 4 N–H and O–H groups in total. The van der Waals surface area contributed by atoms with Gasteiger partial charge in [-0.2, -0.15) is 0 Å². The number of benzene rings is 3. The summed E-state index contributed by atoms with van der Waals surface area (Å²) in [6, 6.07) is 28.3. The number of aryl methyl sites for hydroxylation is 4. The van der Waals surface area contributed by atoms with E-state index >= 15 is 0 Å². The minimum absolute atomic E-state index is 0.160. The minimum Gasteiger partial charge on any atom is -0.348 e. The number of fused-ring (bicyclic) bond motifs is 1. The Hall–Kier alpha value is -4.42. The van der Waals surface area contributed by atoms with Crippen LogP contribution in [0.25, 0.3) is 5.65 Å². The molecule has 0 fully saturated rings. The van der Waals surface area contributed by atoms with E-state index in [0.717, 1.165) is 52.3 Å². The monoisotopic (exact) mass is 503 g/mol. The van der Waals surface area contributed by atoms with Crippen molar-refractivity contribution in [3.63, 3.8) is 0 Å². The lowest BCUT2D eigenvalue weighted by Crippen LogP contribution is -2.23. The van der Waals surface area contributed by atoms with Crippen molar-refractivity contribution >= 4 is 23.1 Å². The van der Waals surface area contributed by atoms with Crippen LogP contribution < -0.4 is 16.4 Å². The average molecular weight is 504 g/mol. The largest absolute Gasteiger partial charge is 0.348 e. The normalized spacial score (nSPS) is 11.0. The summed E-state index contributed by atoms with van der Waals surface area (Å²) in [5.74, 6) is 0.727. The molecule has 0 aliphatic carbocycles. The van der Waals surface area contributed by atoms with Gasteiger partial charge in [-0.25, -0.2) is 4.98 Å². The number of pyridine rings is 1. The molecule has 2 aromatic heterocycles. The van der Waals surface area contributed by atoms with Crippen LogP contribution in [0.1, 0.15) is 43.9 Å². The highest BCUT2D eigenvalue weighted by molar-refractivity contribution is 6.00. The van der Waals surface area contributed by atoms with Crippen molar-refractivity contribution in [3.8, 4) is 0 Å². The number of carbonyl (C=O) groups is 1. The van der Waals surface area contributed by atoms with E-state index in [1.807, 2.05) is 53.1 Å². The van der Waals surface area contributed by atoms with Gasteiger partial charge in [-0.05, 0) is 66.6 Å². The maximum Gasteiger partial charge on any atom is 0.255 e. The van der Waals surface area contributed by atoms with E-state index in [1.165, 1.54) is 5.56 Å². The number of amides is 1. The molecule has 192 valence electrons. The molecule has 0 unspecified atom stereocenters. The van der Waals surface area contributed by atoms with Crippen molar-refractivity contribution in [2.24, 2.45) is 5.73 Å². The van der Waals surface area contributed by atoms with Crippen LogP contribution in [0.5, 0.6) is 0 Å². The Bertz CT molecular complexity index is 1550. The lowest BCUT2D eigenvalue weighted by Gasteiger charge is -2.14. The molecule has 1 amide bonds. The van der Waals surface area contributed by atoms with Gasteiger partial charge in [0.25, 0.3) is 5.91 Å². The molecule has 5 rings (SSSR count). The van der Waals surface area contributed by atoms with Gasteiger partial charge in [-0.3, -0.25) is 9.20 Å². The first-order valence-electron chi connectivity index (χ1n) is 13.0. The van der Waals surface area contributed by atoms with Gasteiger partial charge in [0, 0.05) is 25.0 Å². The van der Waals surface area contributed by atoms with Crippen molar-refractivity contribution in [3.05, 3.63) is 130 Å². The summed E-state index contributed by atoms with van der Waals surface area (Å²) in [7, 11) is 0. The molecule has 0 spiro atoms. The second kappa shape index (κ2) is 11.3. The summed E-state index contributed by atoms with van der Waals surface area (Å²) in [6.07, 6.45) is 3.56. The molecule has 2 heterocycles. The molecule has 6 nitrogen and oxygen atoms in total. The number of hydrogen-bond acceptors (Lipinski definition) is 4. The topological polar surface area (TPSA) is 84.5 Å². The van der Waals surface area contributed by atoms with Crippen molar-refractivity contribution in [2.45, 2.75) is 39.8 Å². The molecular weight excluding hydrogens is 470 g/mol. The van der Waals surface area contributed by atoms with Crippen LogP contribution in [0.2, 0.25) is 0 Å². The lowest BCUT2D eigenvalue weighted by molar-refractivity contribution is 0.0952. The molecule has 0 aliphatic heterocycles. The van der Waals surface area contributed by atoms with E-state index < -0.39 is 0 Å². The van der Waals surface area contributed by atoms with Gasteiger partial charge in [-0.1, -0.05) is 72.8 Å². The fourth-order valence-corrected chi connectivity index (χ4v) is 4.78. The van der Waals surface area contributed by atoms with Crippen LogP contribution in [0.15, 0.2) is 91.1 Å². The van der Waals surface area contributed by atoms with Crippen LogP contribution in [-0.2, 0) is 25.9 Å². The predicted molar refractivity (Wildman–Crippen MR) is 154 cm³/mol. The van der Waals surface area contributed by atoms with Crippen LogP contribution in [0.3, 0.4) is 0 Å². The molecule has 0 aliphatic rings. The minimum atomic E-state index is -0.160. The average Bonchev–Trinajstić information content (AvgIpc) is 3.30. The lowest BCUT2D eigenvalue weighted by atomic mass is 10.1. The van der Waals surface area contributed by atoms with Crippen LogP contribution in [0.4, 0.5) is 11.5 Å². The van der Waals surface area contributed by atoms with E-state index in [4.69, 9.17) is 10.7 Å². The van der Waals surface area contributed by atoms with Gasteiger partial charge in [0.15, 0.2) is 5.65 Å². The van der Waals surface area contributed by atoms with Gasteiger partial charge < -0.3 is 16.4 Å². The number of imidazole rings is 1. The summed E-state index contributed by atoms with van der Waals surface area (Å²) in [5, 5.41) is 6.72. The van der Waals surface area contributed by atoms with Crippen molar-refractivity contribution < 1.29 is 4.79 Å². The highest BCUT2D eigenvalue weighted by atomic mass is 16.1. The number of nitrogens with zero attached hydrogens (tertiary/aromatic N) is 2. The fraction of sp³-hybridized carbons (Fsp3) is 0.188. The predicted octanol–water partition coefficient (Wildman–Crippen LogP) is 5.87. The molecule has 0 saturated carbocycles. The first-order valence-corrected chi connectivity index (χ1v) is 13.0. The smallest absolute Gasteiger partial charge is 0.255 e. The molecule has 0 radical (unpaired) electrons. The maximum atomic E-state index is 13.3. The molecule has 0 atom stereocenters. The zero-order valence-corrected chi connectivity index (χ0v) is 21.9. The van der Waals surface area contributed by atoms with Gasteiger partial charge in [0.1, 0.15) is 5.82 Å². The Morgan fingerprint density at radius 1 is 0.842 bits per heavy atom. The Balaban J connectivity index is 1.49. The van der Waals surface area contributed by atoms with E-state index in [-0.39, 0.29) is 5.91 Å². The highest BCUT2D eigenvalue weighted by Gasteiger charge is 2.19. The quantitative estimate of drug-likeness (QED) is 0.235. The number of aromatic nitrogens is 2. The van der Waals surface area contributed by atoms with Crippen LogP contribution in [-0.4, -0.2) is 15.3 Å². The van der Waals surface area contributed by atoms with Gasteiger partial charge in [0.05, 0.1) is 11.3 Å². The number of nitrogens with one attached hydrogen (secondary N) is 2. The highest BCUT2D eigenvalue weighted by Crippen LogP contribution is 2.29. The van der Waals surface area contributed by atoms with E-state index in [0.29, 0.717) is 24.3 Å². The summed E-state index contributed by atoms with van der Waals surface area (Å²) in [4.78, 5) is 18.4. The summed E-state index contributed by atoms with van der Waals surface area (Å²) in [6.45, 7) is 5.08. The van der Waals surface area contributed by atoms with Crippen molar-refractivity contribution in [1.29, 1.82) is 0 Å². The van der Waals surface area contributed by atoms with Crippen molar-refractivity contribution in [2.75, 3.05) is 5.32 Å². The number of nitrogens with two attached hydrogens (primary N) is 1. The molecule has 6 heteroatoms. The molecule has 3 aromatic carbocycles. The van der Waals surface area contributed by atoms with E-state index in [2.05, 4.69) is 66.9 Å². The SMILES string of the molecule is Cc1cccc(C)c1Nc1c(CCc2ccccc2)nc2c(C(=O)NCc3cccc(CN)c3)cccn12. The van der Waals surface area contributed by atoms with Gasteiger partial charge in [0.2, 0.25) is 0 Å².